The van der Waals surface area contributed by atoms with E-state index in [0.717, 1.165) is 11.4 Å². The molecule has 0 atom stereocenters. The predicted molar refractivity (Wildman–Crippen MR) is 130 cm³/mol. The monoisotopic (exact) mass is 452 g/mol. The number of nitrogens with two attached hydrogens (primary N) is 1. The van der Waals surface area contributed by atoms with Gasteiger partial charge in [-0.1, -0.05) is 19.2 Å². The third kappa shape index (κ3) is 4.33. The second-order valence-electron chi connectivity index (χ2n) is 6.53. The summed E-state index contributed by atoms with van der Waals surface area (Å²) in [4.78, 5) is 20.4. The van der Waals surface area contributed by atoms with Crippen LogP contribution in [0.3, 0.4) is 0 Å². The third-order valence-corrected chi connectivity index (χ3v) is 5.58. The summed E-state index contributed by atoms with van der Waals surface area (Å²) in [6.07, 6.45) is 6.57. The van der Waals surface area contributed by atoms with Gasteiger partial charge in [0.2, 0.25) is 0 Å². The van der Waals surface area contributed by atoms with E-state index < -0.39 is 5.56 Å². The number of aromatic nitrogens is 2. The average Bonchev–Trinajstić information content (AvgIpc) is 3.20. The zero-order chi connectivity index (χ0) is 23.3. The fourth-order valence-electron chi connectivity index (χ4n) is 3.34. The number of hydrogen-bond donors (Lipinski definition) is 4. The molecule has 0 saturated carbocycles. The van der Waals surface area contributed by atoms with E-state index in [4.69, 9.17) is 21.1 Å². The highest BCUT2D eigenvalue weighted by molar-refractivity contribution is 7.20. The van der Waals surface area contributed by atoms with E-state index in [-0.39, 0.29) is 5.82 Å². The maximum atomic E-state index is 12.9. The first-order valence-electron chi connectivity index (χ1n) is 9.62. The molecule has 3 aromatic rings. The second-order valence-corrected chi connectivity index (χ2v) is 7.59. The highest BCUT2D eigenvalue weighted by Crippen LogP contribution is 2.36. The van der Waals surface area contributed by atoms with E-state index in [1.54, 1.807) is 23.7 Å². The lowest BCUT2D eigenvalue weighted by Crippen LogP contribution is -2.32. The smallest absolute Gasteiger partial charge is 0.298 e. The normalized spacial score (nSPS) is 12.9. The summed E-state index contributed by atoms with van der Waals surface area (Å²) in [5.74, 6) is 0.633. The molecule has 0 amide bonds. The van der Waals surface area contributed by atoms with Crippen LogP contribution >= 0.6 is 11.3 Å². The lowest BCUT2D eigenvalue weighted by Gasteiger charge is -2.32. The zero-order valence-corrected chi connectivity index (χ0v) is 18.4. The van der Waals surface area contributed by atoms with Crippen molar-refractivity contribution in [3.8, 4) is 11.4 Å². The minimum atomic E-state index is -0.402. The van der Waals surface area contributed by atoms with Gasteiger partial charge in [-0.05, 0) is 36.4 Å². The molecule has 0 radical (unpaired) electrons. The summed E-state index contributed by atoms with van der Waals surface area (Å²) < 4.78 is 7.33. The van der Waals surface area contributed by atoms with Gasteiger partial charge in [-0.25, -0.2) is 10.5 Å². The van der Waals surface area contributed by atoms with Crippen LogP contribution in [0.5, 0.6) is 5.75 Å². The molecule has 0 fully saturated rings. The van der Waals surface area contributed by atoms with Crippen molar-refractivity contribution in [2.45, 2.75) is 0 Å². The van der Waals surface area contributed by atoms with Gasteiger partial charge >= 0.3 is 0 Å². The van der Waals surface area contributed by atoms with Crippen LogP contribution in [-0.2, 0) is 0 Å². The van der Waals surface area contributed by atoms with Crippen molar-refractivity contribution in [3.05, 3.63) is 76.6 Å². The number of hydrogen-bond acceptors (Lipinski definition) is 9. The van der Waals surface area contributed by atoms with Crippen LogP contribution in [0, 0.1) is 5.41 Å². The molecule has 32 heavy (non-hydrogen) atoms. The molecule has 0 aliphatic carbocycles. The van der Waals surface area contributed by atoms with E-state index in [0.29, 0.717) is 39.8 Å². The van der Waals surface area contributed by atoms with Crippen LogP contribution in [-0.4, -0.2) is 41.2 Å². The van der Waals surface area contributed by atoms with Gasteiger partial charge in [0, 0.05) is 23.8 Å². The number of rotatable bonds is 5. The van der Waals surface area contributed by atoms with Crippen molar-refractivity contribution in [1.29, 1.82) is 5.41 Å². The van der Waals surface area contributed by atoms with Crippen molar-refractivity contribution in [2.75, 3.05) is 30.8 Å². The molecule has 0 bridgehead atoms. The third-order valence-electron chi connectivity index (χ3n) is 4.61. The molecule has 3 heterocycles. The number of fused-ring (bicyclic) bond motifs is 2. The Kier molecular flexibility index (Phi) is 7.21. The number of nitrogens with one attached hydrogen (secondary N) is 2. The van der Waals surface area contributed by atoms with Gasteiger partial charge in [0.15, 0.2) is 5.82 Å². The highest BCUT2D eigenvalue weighted by Gasteiger charge is 2.22. The number of thiophene rings is 1. The molecule has 166 valence electrons. The van der Waals surface area contributed by atoms with Crippen LogP contribution < -0.4 is 26.4 Å². The fraction of sp³-hybridized carbons (Fsp3) is 0.136. The van der Waals surface area contributed by atoms with Crippen molar-refractivity contribution >= 4 is 39.4 Å². The first-order valence-corrected chi connectivity index (χ1v) is 10.4. The van der Waals surface area contributed by atoms with Crippen LogP contribution in [0.1, 0.15) is 4.88 Å². The molecule has 4 rings (SSSR count). The molecular weight excluding hydrogens is 428 g/mol. The fourth-order valence-corrected chi connectivity index (χ4v) is 4.19. The number of hydroxylamine groups is 1. The first-order chi connectivity index (χ1) is 15.5. The Morgan fingerprint density at radius 1 is 1.41 bits per heavy atom. The van der Waals surface area contributed by atoms with Gasteiger partial charge in [0.05, 0.1) is 23.4 Å². The van der Waals surface area contributed by atoms with Gasteiger partial charge in [-0.15, -0.1) is 11.3 Å². The number of ether oxygens (including phenoxy) is 1. The first kappa shape index (κ1) is 22.9. The van der Waals surface area contributed by atoms with Crippen LogP contribution in [0.15, 0.2) is 66.1 Å². The SMILES string of the molecule is C=C/C=C(\C=C)N1CCOc2ccc(-n3c(=O)c(N)nc4sc(C=N)cc43)cc21.CNO. The quantitative estimate of drug-likeness (QED) is 0.266. The Bertz CT molecular complexity index is 1260. The minimum absolute atomic E-state index is 0.0833. The second kappa shape index (κ2) is 10.1. The predicted octanol–water partition coefficient (Wildman–Crippen LogP) is 3.08. The van der Waals surface area contributed by atoms with E-state index in [1.807, 2.05) is 24.3 Å². The van der Waals surface area contributed by atoms with Crippen LogP contribution in [0.4, 0.5) is 11.5 Å². The highest BCUT2D eigenvalue weighted by atomic mass is 32.1. The molecule has 9 nitrogen and oxygen atoms in total. The zero-order valence-electron chi connectivity index (χ0n) is 17.5. The van der Waals surface area contributed by atoms with Crippen LogP contribution in [0.25, 0.3) is 16.0 Å². The Morgan fingerprint density at radius 2 is 2.16 bits per heavy atom. The molecule has 10 heteroatoms. The van der Waals surface area contributed by atoms with E-state index in [9.17, 15) is 4.79 Å². The summed E-state index contributed by atoms with van der Waals surface area (Å²) in [5, 5.41) is 14.8. The van der Waals surface area contributed by atoms with Gasteiger partial charge in [0.1, 0.15) is 17.2 Å². The summed E-state index contributed by atoms with van der Waals surface area (Å²) in [6, 6.07) is 7.30. The molecule has 2 aromatic heterocycles. The van der Waals surface area contributed by atoms with Gasteiger partial charge < -0.3 is 26.0 Å². The standard InChI is InChI=1S/C21H19N5O2S.CH5NO/c1-3-5-13(4-2)25-8-9-28-18-7-6-14(10-16(18)25)26-17-11-15(12-22)29-20(17)24-19(23)21(26)27;1-2-3/h3-7,10-12,22H,1-2,8-9H2,(H2,23,24);2-3H,1H3/b13-5+,22-12?;. The van der Waals surface area contributed by atoms with E-state index in [1.165, 1.54) is 29.2 Å². The summed E-state index contributed by atoms with van der Waals surface area (Å²) >= 11 is 1.31. The maximum absolute atomic E-state index is 12.9. The minimum Gasteiger partial charge on any atom is -0.490 e. The summed E-state index contributed by atoms with van der Waals surface area (Å²) in [6.45, 7) is 8.83. The number of nitrogen functional groups attached to an aromatic ring is 1. The molecule has 0 unspecified atom stereocenters. The van der Waals surface area contributed by atoms with Gasteiger partial charge in [-0.3, -0.25) is 9.36 Å². The van der Waals surface area contributed by atoms with E-state index in [2.05, 4.69) is 23.0 Å². The lowest BCUT2D eigenvalue weighted by atomic mass is 10.1. The van der Waals surface area contributed by atoms with Crippen molar-refractivity contribution in [1.82, 2.24) is 15.0 Å². The largest absolute Gasteiger partial charge is 0.490 e. The number of nitrogens with zero attached hydrogens (tertiary/aromatic N) is 3. The molecule has 0 saturated heterocycles. The van der Waals surface area contributed by atoms with E-state index >= 15 is 0 Å². The number of benzene rings is 1. The summed E-state index contributed by atoms with van der Waals surface area (Å²) in [7, 11) is 1.43. The van der Waals surface area contributed by atoms with Crippen LogP contribution in [0.2, 0.25) is 0 Å². The lowest BCUT2D eigenvalue weighted by molar-refractivity contribution is 0.194. The van der Waals surface area contributed by atoms with Crippen molar-refractivity contribution < 1.29 is 9.94 Å². The number of allylic oxidation sites excluding steroid dienone is 3. The molecule has 0 spiro atoms. The van der Waals surface area contributed by atoms with Crippen molar-refractivity contribution in [2.24, 2.45) is 0 Å². The average molecular weight is 453 g/mol. The molecule has 1 aromatic carbocycles. The Morgan fingerprint density at radius 3 is 2.81 bits per heavy atom. The maximum Gasteiger partial charge on any atom is 0.298 e. The Labute approximate surface area is 188 Å². The Balaban J connectivity index is 0.000000913. The summed E-state index contributed by atoms with van der Waals surface area (Å²) in [5.41, 5.74) is 10.2. The topological polar surface area (TPSA) is 129 Å². The molecular formula is C22H24N6O3S. The molecule has 1 aliphatic heterocycles. The molecule has 5 N–H and O–H groups in total. The molecule has 1 aliphatic rings. The van der Waals surface area contributed by atoms with Gasteiger partial charge in [-0.2, -0.15) is 0 Å². The number of anilines is 2. The Hall–Kier alpha value is -3.73. The van der Waals surface area contributed by atoms with Crippen molar-refractivity contribution in [3.63, 3.8) is 0 Å². The van der Waals surface area contributed by atoms with Gasteiger partial charge in [0.25, 0.3) is 5.56 Å².